The Morgan fingerprint density at radius 2 is 1.75 bits per heavy atom. The zero-order valence-corrected chi connectivity index (χ0v) is 29.2. The van der Waals surface area contributed by atoms with Crippen LogP contribution in [0.3, 0.4) is 0 Å². The van der Waals surface area contributed by atoms with Crippen molar-refractivity contribution in [3.05, 3.63) is 106 Å². The van der Waals surface area contributed by atoms with Crippen LogP contribution in [0.2, 0.25) is 0 Å². The van der Waals surface area contributed by atoms with Gasteiger partial charge in [0.15, 0.2) is 0 Å². The fourth-order valence-electron chi connectivity index (χ4n) is 7.45. The number of aromatic nitrogens is 5. The number of hydrogen-bond acceptors (Lipinski definition) is 6. The van der Waals surface area contributed by atoms with E-state index >= 15 is 0 Å². The lowest BCUT2D eigenvalue weighted by Crippen LogP contribution is -2.49. The van der Waals surface area contributed by atoms with Gasteiger partial charge in [0.1, 0.15) is 18.0 Å². The normalized spacial score (nSPS) is 16.7. The first-order valence-electron chi connectivity index (χ1n) is 17.1. The van der Waals surface area contributed by atoms with E-state index in [1.54, 1.807) is 41.9 Å². The minimum atomic E-state index is -4.62. The number of alkyl halides is 3. The number of hydrogen-bond donors (Lipinski definition) is 0. The average molecular weight is 701 g/mol. The molecule has 10 nitrogen and oxygen atoms in total. The van der Waals surface area contributed by atoms with Gasteiger partial charge in [0.25, 0.3) is 0 Å². The molecule has 51 heavy (non-hydrogen) atoms. The van der Waals surface area contributed by atoms with E-state index in [-0.39, 0.29) is 17.8 Å². The van der Waals surface area contributed by atoms with Crippen LogP contribution in [-0.4, -0.2) is 54.6 Å². The van der Waals surface area contributed by atoms with Crippen LogP contribution in [0.4, 0.5) is 13.2 Å². The summed E-state index contributed by atoms with van der Waals surface area (Å²) in [5.74, 6) is 0.816. The summed E-state index contributed by atoms with van der Waals surface area (Å²) in [6.45, 7) is 4.30. The molecule has 0 bridgehead atoms. The Bertz CT molecular complexity index is 2120. The van der Waals surface area contributed by atoms with Crippen LogP contribution < -0.4 is 5.69 Å². The van der Waals surface area contributed by atoms with Crippen molar-refractivity contribution >= 4 is 5.91 Å². The number of rotatable bonds is 10. The Labute approximate surface area is 293 Å². The lowest BCUT2D eigenvalue weighted by atomic mass is 9.82. The second-order valence-electron chi connectivity index (χ2n) is 14.0. The van der Waals surface area contributed by atoms with E-state index in [4.69, 9.17) is 4.52 Å². The number of nitriles is 1. The first-order chi connectivity index (χ1) is 24.3. The van der Waals surface area contributed by atoms with Crippen molar-refractivity contribution in [3.63, 3.8) is 0 Å². The standard InChI is InChI=1S/C38H41F3N7O3/c1-25-21-30(44-51-25)24-48(3,4)33-17-13-27(14-18-33)7-5-10-35(49)46-36(34-19-20-43-47(34)31-15-11-28(23-42)12-16-31)26(2)45(37(46)50)32-9-6-8-29(22-32)38(39,40)41/h6,8-9,11-12,15-16,19-22,27,33H,5,7,10,13-14,17-18,24H2,1-4H3/q+1. The van der Waals surface area contributed by atoms with Crippen molar-refractivity contribution in [1.82, 2.24) is 24.1 Å². The SMILES string of the molecule is Cc1cc(C[N+](C)(C)C2CCC(CCCC(=O)n3c(-c4ccnn4-c4ccc(C#N)cc4)c(C)n(-c4cccc(C(F)(F)F)c4)c3=O)CC2)no1. The van der Waals surface area contributed by atoms with Crippen molar-refractivity contribution in [2.75, 3.05) is 14.1 Å². The molecule has 1 saturated carbocycles. The highest BCUT2D eigenvalue weighted by molar-refractivity contribution is 5.84. The molecule has 1 aliphatic rings. The molecule has 6 rings (SSSR count). The molecule has 0 amide bonds. The van der Waals surface area contributed by atoms with Crippen LogP contribution in [0.15, 0.2) is 76.2 Å². The third kappa shape index (κ3) is 7.46. The number of aryl methyl sites for hydroxylation is 1. The smallest absolute Gasteiger partial charge is 0.361 e. The second kappa shape index (κ2) is 14.2. The van der Waals surface area contributed by atoms with Gasteiger partial charge in [-0.3, -0.25) is 9.36 Å². The molecule has 3 aromatic heterocycles. The van der Waals surface area contributed by atoms with Crippen LogP contribution in [0.1, 0.15) is 78.0 Å². The number of nitrogens with zero attached hydrogens (tertiary/aromatic N) is 7. The van der Waals surface area contributed by atoms with Crippen molar-refractivity contribution in [1.29, 1.82) is 5.26 Å². The third-order valence-corrected chi connectivity index (χ3v) is 10.1. The molecule has 0 unspecified atom stereocenters. The molecule has 266 valence electrons. The summed E-state index contributed by atoms with van der Waals surface area (Å²) in [6.07, 6.45) is 2.60. The van der Waals surface area contributed by atoms with Gasteiger partial charge in [-0.25, -0.2) is 14.0 Å². The maximum absolute atomic E-state index is 14.1. The van der Waals surface area contributed by atoms with E-state index in [1.807, 2.05) is 13.0 Å². The largest absolute Gasteiger partial charge is 0.416 e. The van der Waals surface area contributed by atoms with Gasteiger partial charge in [0, 0.05) is 12.5 Å². The van der Waals surface area contributed by atoms with Gasteiger partial charge in [-0.05, 0) is 107 Å². The van der Waals surface area contributed by atoms with Crippen LogP contribution >= 0.6 is 0 Å². The molecule has 0 aliphatic heterocycles. The first-order valence-corrected chi connectivity index (χ1v) is 17.1. The molecular weight excluding hydrogens is 659 g/mol. The highest BCUT2D eigenvalue weighted by Crippen LogP contribution is 2.35. The Morgan fingerprint density at radius 1 is 1.02 bits per heavy atom. The zero-order chi connectivity index (χ0) is 36.5. The summed E-state index contributed by atoms with van der Waals surface area (Å²) in [4.78, 5) is 28.1. The fraction of sp³-hybridized carbons (Fsp3) is 0.395. The lowest BCUT2D eigenvalue weighted by Gasteiger charge is -2.41. The predicted octanol–water partition coefficient (Wildman–Crippen LogP) is 7.63. The average Bonchev–Trinajstić information content (AvgIpc) is 3.81. The summed E-state index contributed by atoms with van der Waals surface area (Å²) < 4.78 is 50.9. The number of halogens is 3. The van der Waals surface area contributed by atoms with Gasteiger partial charge >= 0.3 is 11.9 Å². The topological polar surface area (TPSA) is 112 Å². The van der Waals surface area contributed by atoms with E-state index in [1.165, 1.54) is 18.3 Å². The molecule has 13 heteroatoms. The minimum Gasteiger partial charge on any atom is -0.361 e. The van der Waals surface area contributed by atoms with Crippen molar-refractivity contribution in [2.45, 2.75) is 77.6 Å². The van der Waals surface area contributed by atoms with Crippen LogP contribution in [0.5, 0.6) is 0 Å². The lowest BCUT2D eigenvalue weighted by molar-refractivity contribution is -0.929. The quantitative estimate of drug-likeness (QED) is 0.139. The third-order valence-electron chi connectivity index (χ3n) is 10.1. The van der Waals surface area contributed by atoms with Crippen LogP contribution in [-0.2, 0) is 12.7 Å². The Balaban J connectivity index is 1.24. The van der Waals surface area contributed by atoms with Crippen LogP contribution in [0, 0.1) is 31.1 Å². The molecule has 0 spiro atoms. The second-order valence-corrected chi connectivity index (χ2v) is 14.0. The first kappa shape index (κ1) is 35.6. The number of imidazole rings is 1. The fourth-order valence-corrected chi connectivity index (χ4v) is 7.45. The van der Waals surface area contributed by atoms with Crippen molar-refractivity contribution < 1.29 is 27.0 Å². The molecule has 0 atom stereocenters. The maximum atomic E-state index is 14.1. The van der Waals surface area contributed by atoms with Gasteiger partial charge in [0.05, 0.1) is 72.0 Å². The number of quaternary nitrogens is 1. The Morgan fingerprint density at radius 3 is 2.39 bits per heavy atom. The van der Waals surface area contributed by atoms with Gasteiger partial charge in [-0.15, -0.1) is 0 Å². The summed E-state index contributed by atoms with van der Waals surface area (Å²) in [5, 5.41) is 17.9. The molecule has 0 radical (unpaired) electrons. The molecule has 1 fully saturated rings. The molecular formula is C38H41F3N7O3+. The van der Waals surface area contributed by atoms with Crippen molar-refractivity contribution in [3.8, 4) is 28.8 Å². The van der Waals surface area contributed by atoms with Gasteiger partial charge < -0.3 is 9.01 Å². The van der Waals surface area contributed by atoms with Crippen LogP contribution in [0.25, 0.3) is 22.8 Å². The van der Waals surface area contributed by atoms with Crippen molar-refractivity contribution in [2.24, 2.45) is 5.92 Å². The van der Waals surface area contributed by atoms with E-state index in [9.17, 15) is 28.0 Å². The maximum Gasteiger partial charge on any atom is 0.416 e. The highest BCUT2D eigenvalue weighted by atomic mass is 19.4. The molecule has 3 heterocycles. The van der Waals surface area contributed by atoms with Gasteiger partial charge in [-0.2, -0.15) is 23.5 Å². The van der Waals surface area contributed by atoms with Gasteiger partial charge in [0.2, 0.25) is 5.91 Å². The molecule has 0 N–H and O–H groups in total. The zero-order valence-electron chi connectivity index (χ0n) is 29.2. The summed E-state index contributed by atoms with van der Waals surface area (Å²) in [6, 6.07) is 17.4. The van der Waals surface area contributed by atoms with E-state index in [0.29, 0.717) is 41.0 Å². The molecule has 0 saturated heterocycles. The predicted molar refractivity (Wildman–Crippen MR) is 184 cm³/mol. The van der Waals surface area contributed by atoms with E-state index in [0.717, 1.165) is 75.9 Å². The molecule has 5 aromatic rings. The minimum absolute atomic E-state index is 0.00124. The molecule has 2 aromatic carbocycles. The van der Waals surface area contributed by atoms with E-state index in [2.05, 4.69) is 30.4 Å². The highest BCUT2D eigenvalue weighted by Gasteiger charge is 2.35. The molecule has 1 aliphatic carbocycles. The summed E-state index contributed by atoms with van der Waals surface area (Å²) in [5.41, 5.74) is 1.28. The van der Waals surface area contributed by atoms with Gasteiger partial charge in [-0.1, -0.05) is 11.2 Å². The summed E-state index contributed by atoms with van der Waals surface area (Å²) >= 11 is 0. The number of carbonyl (C=O) groups is 1. The van der Waals surface area contributed by atoms with E-state index < -0.39 is 23.3 Å². The summed E-state index contributed by atoms with van der Waals surface area (Å²) in [7, 11) is 4.45. The Kier molecular flexibility index (Phi) is 9.90. The monoisotopic (exact) mass is 700 g/mol. The Hall–Kier alpha value is -5.22. The number of carbonyl (C=O) groups excluding carboxylic acids is 1. The number of benzene rings is 2.